The largest absolute Gasteiger partial charge is 0.340 e. The molecule has 1 aromatic heterocycles. The Morgan fingerprint density at radius 3 is 2.35 bits per heavy atom. The normalized spacial score (nSPS) is 11.6. The van der Waals surface area contributed by atoms with E-state index in [1.807, 2.05) is 6.20 Å². The number of aromatic nitrogens is 1. The molecule has 0 saturated carbocycles. The highest BCUT2D eigenvalue weighted by molar-refractivity contribution is 6.25. The van der Waals surface area contributed by atoms with Crippen molar-refractivity contribution >= 4 is 43.8 Å². The Morgan fingerprint density at radius 2 is 1.54 bits per heavy atom. The highest BCUT2D eigenvalue weighted by Gasteiger charge is 2.11. The molecule has 5 aromatic rings. The minimum absolute atomic E-state index is 0.908. The quantitative estimate of drug-likeness (QED) is 0.370. The number of hydrogen-bond acceptors (Lipinski definition) is 2. The van der Waals surface area contributed by atoms with Gasteiger partial charge in [-0.2, -0.15) is 0 Å². The van der Waals surface area contributed by atoms with Crippen LogP contribution in [0.2, 0.25) is 0 Å². The molecule has 0 aliphatic heterocycles. The number of benzene rings is 4. The van der Waals surface area contributed by atoms with Gasteiger partial charge in [-0.1, -0.05) is 61.9 Å². The third kappa shape index (κ3) is 2.38. The fourth-order valence-electron chi connectivity index (χ4n) is 3.97. The van der Waals surface area contributed by atoms with Gasteiger partial charge in [0.05, 0.1) is 0 Å². The number of nitrogens with one attached hydrogen (secondary N) is 1. The van der Waals surface area contributed by atoms with Crippen molar-refractivity contribution in [2.45, 2.75) is 19.8 Å². The molecule has 0 amide bonds. The van der Waals surface area contributed by atoms with Crippen LogP contribution in [0, 0.1) is 0 Å². The van der Waals surface area contributed by atoms with Gasteiger partial charge in [-0.3, -0.25) is 0 Å². The first kappa shape index (κ1) is 15.2. The summed E-state index contributed by atoms with van der Waals surface area (Å²) in [5.41, 5.74) is 2.43. The fraction of sp³-hybridized carbons (Fsp3) is 0.125. The van der Waals surface area contributed by atoms with E-state index < -0.39 is 0 Å². The fourth-order valence-corrected chi connectivity index (χ4v) is 3.97. The van der Waals surface area contributed by atoms with Crippen molar-refractivity contribution in [2.75, 3.05) is 5.32 Å². The van der Waals surface area contributed by atoms with E-state index in [1.165, 1.54) is 37.9 Å². The van der Waals surface area contributed by atoms with Crippen molar-refractivity contribution in [1.82, 2.24) is 4.98 Å². The van der Waals surface area contributed by atoms with Gasteiger partial charge in [0.1, 0.15) is 5.82 Å². The predicted octanol–water partition coefficient (Wildman–Crippen LogP) is 6.68. The maximum Gasteiger partial charge on any atom is 0.130 e. The molecule has 2 nitrogen and oxygen atoms in total. The lowest BCUT2D eigenvalue weighted by atomic mass is 9.93. The molecule has 0 aliphatic rings. The molecule has 1 heterocycles. The first-order valence-corrected chi connectivity index (χ1v) is 9.22. The Morgan fingerprint density at radius 1 is 0.808 bits per heavy atom. The van der Waals surface area contributed by atoms with E-state index in [0.29, 0.717) is 0 Å². The van der Waals surface area contributed by atoms with Crippen molar-refractivity contribution in [3.63, 3.8) is 0 Å². The van der Waals surface area contributed by atoms with Crippen LogP contribution < -0.4 is 5.32 Å². The number of pyridine rings is 1. The minimum Gasteiger partial charge on any atom is -0.340 e. The molecule has 0 saturated heterocycles. The summed E-state index contributed by atoms with van der Waals surface area (Å²) in [7, 11) is 0. The molecular weight excluding hydrogens is 316 g/mol. The zero-order valence-electron chi connectivity index (χ0n) is 14.8. The van der Waals surface area contributed by atoms with Gasteiger partial charge in [0, 0.05) is 17.3 Å². The number of nitrogens with zero attached hydrogens (tertiary/aromatic N) is 1. The molecule has 2 heteroatoms. The summed E-state index contributed by atoms with van der Waals surface area (Å²) in [5, 5.41) is 11.3. The van der Waals surface area contributed by atoms with Crippen molar-refractivity contribution < 1.29 is 0 Å². The smallest absolute Gasteiger partial charge is 0.130 e. The van der Waals surface area contributed by atoms with E-state index in [-0.39, 0.29) is 0 Å². The molecule has 5 rings (SSSR count). The number of anilines is 2. The average molecular weight is 336 g/mol. The first-order valence-electron chi connectivity index (χ1n) is 9.22. The molecule has 126 valence electrons. The second kappa shape index (κ2) is 5.99. The van der Waals surface area contributed by atoms with Crippen LogP contribution in [0.5, 0.6) is 0 Å². The average Bonchev–Trinajstić information content (AvgIpc) is 2.68. The lowest BCUT2D eigenvalue weighted by molar-refractivity contribution is 0.919. The van der Waals surface area contributed by atoms with Crippen LogP contribution in [0.25, 0.3) is 32.3 Å². The van der Waals surface area contributed by atoms with Gasteiger partial charge in [-0.05, 0) is 57.1 Å². The Labute approximate surface area is 152 Å². The monoisotopic (exact) mass is 336 g/mol. The Balaban J connectivity index is 1.70. The van der Waals surface area contributed by atoms with Crippen LogP contribution in [0.15, 0.2) is 72.9 Å². The van der Waals surface area contributed by atoms with E-state index in [2.05, 4.69) is 84.0 Å². The van der Waals surface area contributed by atoms with E-state index in [1.54, 1.807) is 0 Å². The van der Waals surface area contributed by atoms with Crippen LogP contribution in [-0.2, 0) is 6.42 Å². The number of rotatable bonds is 4. The Kier molecular flexibility index (Phi) is 3.49. The molecular formula is C24H20N2. The molecule has 0 aliphatic carbocycles. The van der Waals surface area contributed by atoms with Crippen LogP contribution >= 0.6 is 0 Å². The molecule has 0 bridgehead atoms. The van der Waals surface area contributed by atoms with Gasteiger partial charge in [-0.25, -0.2) is 4.98 Å². The zero-order valence-corrected chi connectivity index (χ0v) is 14.8. The molecule has 1 N–H and O–H groups in total. The molecule has 0 fully saturated rings. The maximum absolute atomic E-state index is 4.51. The van der Waals surface area contributed by atoms with Crippen molar-refractivity contribution in [2.24, 2.45) is 0 Å². The van der Waals surface area contributed by atoms with Gasteiger partial charge >= 0.3 is 0 Å². The maximum atomic E-state index is 4.51. The molecule has 0 radical (unpaired) electrons. The van der Waals surface area contributed by atoms with E-state index in [0.717, 1.165) is 24.3 Å². The molecule has 0 unspecified atom stereocenters. The summed E-state index contributed by atoms with van der Waals surface area (Å²) in [4.78, 5) is 4.51. The second-order valence-corrected chi connectivity index (χ2v) is 6.89. The molecule has 26 heavy (non-hydrogen) atoms. The summed E-state index contributed by atoms with van der Waals surface area (Å²) < 4.78 is 0. The van der Waals surface area contributed by atoms with E-state index in [4.69, 9.17) is 0 Å². The minimum atomic E-state index is 0.908. The van der Waals surface area contributed by atoms with E-state index in [9.17, 15) is 0 Å². The molecule has 0 atom stereocenters. The van der Waals surface area contributed by atoms with Crippen LogP contribution in [0.3, 0.4) is 0 Å². The summed E-state index contributed by atoms with van der Waals surface area (Å²) >= 11 is 0. The summed E-state index contributed by atoms with van der Waals surface area (Å²) in [6.45, 7) is 2.20. The Hall–Kier alpha value is -3.13. The standard InChI is InChI=1S/C24H20N2/c1-2-4-16-13-14-25-22(15-16)26-21-12-10-19-8-7-17-5-3-6-18-9-11-20(21)24(19)23(17)18/h3,5-15H,2,4H2,1H3,(H,25,26). The predicted molar refractivity (Wildman–Crippen MR) is 112 cm³/mol. The zero-order chi connectivity index (χ0) is 17.5. The van der Waals surface area contributed by atoms with Gasteiger partial charge < -0.3 is 5.32 Å². The molecule has 4 aromatic carbocycles. The summed E-state index contributed by atoms with van der Waals surface area (Å²) in [6, 6.07) is 24.0. The van der Waals surface area contributed by atoms with Gasteiger partial charge in [0.15, 0.2) is 0 Å². The summed E-state index contributed by atoms with van der Waals surface area (Å²) in [6.07, 6.45) is 4.11. The third-order valence-electron chi connectivity index (χ3n) is 5.15. The SMILES string of the molecule is CCCc1ccnc(Nc2ccc3ccc4cccc5ccc2c3c45)c1. The molecule has 0 spiro atoms. The van der Waals surface area contributed by atoms with Gasteiger partial charge in [0.2, 0.25) is 0 Å². The highest BCUT2D eigenvalue weighted by Crippen LogP contribution is 2.38. The van der Waals surface area contributed by atoms with Gasteiger partial charge in [0.25, 0.3) is 0 Å². The number of hydrogen-bond donors (Lipinski definition) is 1. The van der Waals surface area contributed by atoms with Crippen molar-refractivity contribution in [1.29, 1.82) is 0 Å². The second-order valence-electron chi connectivity index (χ2n) is 6.89. The van der Waals surface area contributed by atoms with Crippen LogP contribution in [0.1, 0.15) is 18.9 Å². The first-order chi connectivity index (χ1) is 12.8. The van der Waals surface area contributed by atoms with Crippen LogP contribution in [0.4, 0.5) is 11.5 Å². The van der Waals surface area contributed by atoms with Crippen molar-refractivity contribution in [3.05, 3.63) is 78.5 Å². The lowest BCUT2D eigenvalue weighted by Crippen LogP contribution is -1.96. The van der Waals surface area contributed by atoms with Gasteiger partial charge in [-0.15, -0.1) is 0 Å². The lowest BCUT2D eigenvalue weighted by Gasteiger charge is -2.15. The highest BCUT2D eigenvalue weighted by atomic mass is 15.0. The summed E-state index contributed by atoms with van der Waals surface area (Å²) in [5.74, 6) is 0.908. The Bertz CT molecular complexity index is 1210. The van der Waals surface area contributed by atoms with E-state index >= 15 is 0 Å². The van der Waals surface area contributed by atoms with Crippen LogP contribution in [-0.4, -0.2) is 4.98 Å². The van der Waals surface area contributed by atoms with Crippen molar-refractivity contribution in [3.8, 4) is 0 Å². The third-order valence-corrected chi connectivity index (χ3v) is 5.15. The number of aryl methyl sites for hydroxylation is 1. The topological polar surface area (TPSA) is 24.9 Å².